The van der Waals surface area contributed by atoms with Crippen LogP contribution in [0.4, 0.5) is 0 Å². The molecule has 17 heavy (non-hydrogen) atoms. The van der Waals surface area contributed by atoms with Gasteiger partial charge in [0.15, 0.2) is 11.5 Å². The second-order valence-electron chi connectivity index (χ2n) is 3.61. The molecular weight excluding hydrogens is 216 g/mol. The Morgan fingerprint density at radius 2 is 1.82 bits per heavy atom. The second-order valence-corrected chi connectivity index (χ2v) is 3.61. The van der Waals surface area contributed by atoms with E-state index in [1.165, 1.54) is 6.07 Å². The number of phenolic OH excluding ortho intramolecular Hbond substituents is 1. The van der Waals surface area contributed by atoms with Crippen molar-refractivity contribution in [1.82, 2.24) is 0 Å². The predicted molar refractivity (Wildman–Crippen MR) is 65.4 cm³/mol. The van der Waals surface area contributed by atoms with E-state index in [9.17, 15) is 5.11 Å². The molecule has 0 aliphatic heterocycles. The lowest BCUT2D eigenvalue weighted by Crippen LogP contribution is -1.95. The highest BCUT2D eigenvalue weighted by molar-refractivity contribution is 5.44. The Hall–Kier alpha value is -2.16. The van der Waals surface area contributed by atoms with Crippen LogP contribution in [-0.2, 0) is 6.61 Å². The van der Waals surface area contributed by atoms with E-state index in [0.717, 1.165) is 5.56 Å². The largest absolute Gasteiger partial charge is 0.504 e. The smallest absolute Gasteiger partial charge is 0.161 e. The number of aromatic hydroxyl groups is 1. The van der Waals surface area contributed by atoms with Gasteiger partial charge in [0.05, 0.1) is 7.11 Å². The van der Waals surface area contributed by atoms with Crippen LogP contribution < -0.4 is 9.47 Å². The van der Waals surface area contributed by atoms with E-state index in [1.54, 1.807) is 19.2 Å². The van der Waals surface area contributed by atoms with Crippen LogP contribution in [0.1, 0.15) is 5.56 Å². The van der Waals surface area contributed by atoms with Gasteiger partial charge in [-0.25, -0.2) is 0 Å². The van der Waals surface area contributed by atoms with Crippen LogP contribution in [0.15, 0.2) is 48.5 Å². The fourth-order valence-corrected chi connectivity index (χ4v) is 1.48. The van der Waals surface area contributed by atoms with Crippen molar-refractivity contribution in [2.45, 2.75) is 6.61 Å². The summed E-state index contributed by atoms with van der Waals surface area (Å²) < 4.78 is 10.5. The highest BCUT2D eigenvalue weighted by Gasteiger charge is 2.04. The van der Waals surface area contributed by atoms with Gasteiger partial charge < -0.3 is 14.6 Å². The molecule has 0 fully saturated rings. The summed E-state index contributed by atoms with van der Waals surface area (Å²) in [5, 5.41) is 9.70. The number of benzene rings is 2. The van der Waals surface area contributed by atoms with Crippen LogP contribution in [0.3, 0.4) is 0 Å². The third-order valence-electron chi connectivity index (χ3n) is 2.40. The van der Waals surface area contributed by atoms with E-state index >= 15 is 0 Å². The van der Waals surface area contributed by atoms with Crippen LogP contribution in [-0.4, -0.2) is 12.2 Å². The zero-order valence-electron chi connectivity index (χ0n) is 9.59. The highest BCUT2D eigenvalue weighted by atomic mass is 16.5. The molecule has 0 saturated heterocycles. The van der Waals surface area contributed by atoms with Gasteiger partial charge in [0, 0.05) is 6.07 Å². The van der Waals surface area contributed by atoms with Gasteiger partial charge in [-0.2, -0.15) is 0 Å². The molecule has 0 saturated carbocycles. The standard InChI is InChI=1S/C14H14O3/c1-16-12-7-8-14(13(15)9-12)17-10-11-5-3-2-4-6-11/h2-9,15H,10H2,1H3. The molecule has 3 heteroatoms. The quantitative estimate of drug-likeness (QED) is 0.877. The van der Waals surface area contributed by atoms with Crippen LogP contribution in [0, 0.1) is 0 Å². The SMILES string of the molecule is COc1ccc(OCc2ccccc2)c(O)c1. The lowest BCUT2D eigenvalue weighted by Gasteiger charge is -2.09. The molecule has 0 bridgehead atoms. The average Bonchev–Trinajstić information content (AvgIpc) is 2.38. The van der Waals surface area contributed by atoms with Crippen molar-refractivity contribution >= 4 is 0 Å². The molecule has 88 valence electrons. The van der Waals surface area contributed by atoms with Crippen molar-refractivity contribution in [2.24, 2.45) is 0 Å². The van der Waals surface area contributed by atoms with Crippen molar-refractivity contribution in [3.8, 4) is 17.2 Å². The molecule has 3 nitrogen and oxygen atoms in total. The number of ether oxygens (including phenoxy) is 2. The molecule has 0 spiro atoms. The van der Waals surface area contributed by atoms with Crippen molar-refractivity contribution in [1.29, 1.82) is 0 Å². The van der Waals surface area contributed by atoms with E-state index in [0.29, 0.717) is 18.1 Å². The Bertz CT molecular complexity index is 480. The average molecular weight is 230 g/mol. The molecule has 0 unspecified atom stereocenters. The second kappa shape index (κ2) is 5.25. The molecular formula is C14H14O3. The van der Waals surface area contributed by atoms with Crippen LogP contribution in [0.2, 0.25) is 0 Å². The Labute approximate surface area is 100 Å². The number of hydrogen-bond donors (Lipinski definition) is 1. The predicted octanol–water partition coefficient (Wildman–Crippen LogP) is 2.98. The van der Waals surface area contributed by atoms with Crippen molar-refractivity contribution in [3.63, 3.8) is 0 Å². The Balaban J connectivity index is 2.04. The van der Waals surface area contributed by atoms with Crippen LogP contribution >= 0.6 is 0 Å². The molecule has 0 heterocycles. The highest BCUT2D eigenvalue weighted by Crippen LogP contribution is 2.30. The Morgan fingerprint density at radius 3 is 2.47 bits per heavy atom. The molecule has 0 aliphatic rings. The molecule has 0 aromatic heterocycles. The monoisotopic (exact) mass is 230 g/mol. The minimum atomic E-state index is 0.0836. The molecule has 2 rings (SSSR count). The van der Waals surface area contributed by atoms with Gasteiger partial charge in [-0.3, -0.25) is 0 Å². The first-order valence-electron chi connectivity index (χ1n) is 5.33. The lowest BCUT2D eigenvalue weighted by atomic mass is 10.2. The Kier molecular flexibility index (Phi) is 3.50. The van der Waals surface area contributed by atoms with E-state index in [1.807, 2.05) is 30.3 Å². The minimum Gasteiger partial charge on any atom is -0.504 e. The fraction of sp³-hybridized carbons (Fsp3) is 0.143. The summed E-state index contributed by atoms with van der Waals surface area (Å²) in [6.45, 7) is 0.431. The summed E-state index contributed by atoms with van der Waals surface area (Å²) in [7, 11) is 1.55. The maximum atomic E-state index is 9.70. The molecule has 0 radical (unpaired) electrons. The minimum absolute atomic E-state index is 0.0836. The van der Waals surface area contributed by atoms with Crippen molar-refractivity contribution in [3.05, 3.63) is 54.1 Å². The maximum absolute atomic E-state index is 9.70. The van der Waals surface area contributed by atoms with Crippen molar-refractivity contribution in [2.75, 3.05) is 7.11 Å². The Morgan fingerprint density at radius 1 is 1.06 bits per heavy atom. The van der Waals surface area contributed by atoms with Gasteiger partial charge in [0.25, 0.3) is 0 Å². The van der Waals surface area contributed by atoms with Crippen molar-refractivity contribution < 1.29 is 14.6 Å². The number of rotatable bonds is 4. The topological polar surface area (TPSA) is 38.7 Å². The number of phenols is 1. The van der Waals surface area contributed by atoms with Crippen LogP contribution in [0.5, 0.6) is 17.2 Å². The summed E-state index contributed by atoms with van der Waals surface area (Å²) in [5.74, 6) is 1.14. The molecule has 0 atom stereocenters. The van der Waals surface area contributed by atoms with Gasteiger partial charge in [0.1, 0.15) is 12.4 Å². The van der Waals surface area contributed by atoms with E-state index in [-0.39, 0.29) is 5.75 Å². The zero-order valence-corrected chi connectivity index (χ0v) is 9.59. The molecule has 2 aromatic carbocycles. The summed E-state index contributed by atoms with van der Waals surface area (Å²) >= 11 is 0. The molecule has 1 N–H and O–H groups in total. The summed E-state index contributed by atoms with van der Waals surface area (Å²) in [6, 6.07) is 14.8. The summed E-state index contributed by atoms with van der Waals surface area (Å²) in [5.41, 5.74) is 1.06. The van der Waals surface area contributed by atoms with Gasteiger partial charge in [0.2, 0.25) is 0 Å². The van der Waals surface area contributed by atoms with Gasteiger partial charge in [-0.05, 0) is 17.7 Å². The third kappa shape index (κ3) is 2.91. The van der Waals surface area contributed by atoms with E-state index < -0.39 is 0 Å². The molecule has 2 aromatic rings. The normalized spacial score (nSPS) is 9.94. The zero-order chi connectivity index (χ0) is 12.1. The lowest BCUT2D eigenvalue weighted by molar-refractivity contribution is 0.287. The third-order valence-corrected chi connectivity index (χ3v) is 2.40. The maximum Gasteiger partial charge on any atom is 0.161 e. The first-order valence-corrected chi connectivity index (χ1v) is 5.33. The van der Waals surface area contributed by atoms with Gasteiger partial charge >= 0.3 is 0 Å². The number of methoxy groups -OCH3 is 1. The van der Waals surface area contributed by atoms with Gasteiger partial charge in [-0.15, -0.1) is 0 Å². The molecule has 0 aliphatic carbocycles. The summed E-state index contributed by atoms with van der Waals surface area (Å²) in [4.78, 5) is 0. The first kappa shape index (κ1) is 11.3. The summed E-state index contributed by atoms with van der Waals surface area (Å²) in [6.07, 6.45) is 0. The molecule has 0 amide bonds. The first-order chi connectivity index (χ1) is 8.29. The fourth-order valence-electron chi connectivity index (χ4n) is 1.48. The van der Waals surface area contributed by atoms with E-state index in [4.69, 9.17) is 9.47 Å². The van der Waals surface area contributed by atoms with E-state index in [2.05, 4.69) is 0 Å². The number of hydrogen-bond acceptors (Lipinski definition) is 3. The van der Waals surface area contributed by atoms with Gasteiger partial charge in [-0.1, -0.05) is 30.3 Å². The van der Waals surface area contributed by atoms with Crippen LogP contribution in [0.25, 0.3) is 0 Å².